The predicted molar refractivity (Wildman–Crippen MR) is 156 cm³/mol. The average molecular weight is 569 g/mol. The first-order chi connectivity index (χ1) is 20.8. The zero-order valence-electron chi connectivity index (χ0n) is 23.6. The zero-order valence-corrected chi connectivity index (χ0v) is 23.6. The van der Waals surface area contributed by atoms with Gasteiger partial charge in [0.05, 0.1) is 33.5 Å². The van der Waals surface area contributed by atoms with Crippen molar-refractivity contribution in [3.8, 4) is 5.75 Å². The standard InChI is InChI=1S/C35H36O7/c1-36-29-19-17-28(18-20-29)34-40-24-30-31(42-34)32(37-21-25-11-5-2-6-12-25)33(38-22-26-13-7-3-8-14-26)35(41-30)39-23-27-15-9-4-10-16-27/h2-20,30-35H,21-24H2,1H3/t30-,31-,32+,33+,34?,35+/m1/s1. The van der Waals surface area contributed by atoms with Crippen LogP contribution in [0.15, 0.2) is 115 Å². The van der Waals surface area contributed by atoms with E-state index in [0.29, 0.717) is 26.4 Å². The molecule has 0 saturated carbocycles. The maximum Gasteiger partial charge on any atom is 0.187 e. The summed E-state index contributed by atoms with van der Waals surface area (Å²) in [6.45, 7) is 1.46. The molecule has 4 aromatic carbocycles. The minimum atomic E-state index is -0.694. The molecule has 42 heavy (non-hydrogen) atoms. The lowest BCUT2D eigenvalue weighted by Crippen LogP contribution is -2.63. The molecule has 0 spiro atoms. The van der Waals surface area contributed by atoms with E-state index >= 15 is 0 Å². The predicted octanol–water partition coefficient (Wildman–Crippen LogP) is 6.22. The Hall–Kier alpha value is -3.56. The van der Waals surface area contributed by atoms with E-state index in [1.807, 2.05) is 115 Å². The molecule has 6 rings (SSSR count). The van der Waals surface area contributed by atoms with Crippen LogP contribution in [0.4, 0.5) is 0 Å². The van der Waals surface area contributed by atoms with Crippen LogP contribution in [0.5, 0.6) is 5.75 Å². The van der Waals surface area contributed by atoms with Crippen molar-refractivity contribution in [2.45, 2.75) is 56.8 Å². The maximum absolute atomic E-state index is 6.66. The molecule has 2 heterocycles. The van der Waals surface area contributed by atoms with Gasteiger partial charge in [-0.15, -0.1) is 0 Å². The van der Waals surface area contributed by atoms with Gasteiger partial charge in [-0.05, 0) is 28.8 Å². The first kappa shape index (κ1) is 28.6. The normalized spacial score (nSPS) is 25.5. The van der Waals surface area contributed by atoms with Gasteiger partial charge in [0.25, 0.3) is 0 Å². The fourth-order valence-electron chi connectivity index (χ4n) is 5.26. The molecule has 1 unspecified atom stereocenters. The highest BCUT2D eigenvalue weighted by Crippen LogP contribution is 2.38. The van der Waals surface area contributed by atoms with E-state index in [0.717, 1.165) is 28.0 Å². The lowest BCUT2D eigenvalue weighted by atomic mass is 9.97. The van der Waals surface area contributed by atoms with Crippen molar-refractivity contribution in [3.05, 3.63) is 138 Å². The number of rotatable bonds is 11. The molecular weight excluding hydrogens is 532 g/mol. The van der Waals surface area contributed by atoms with E-state index in [9.17, 15) is 0 Å². The Labute approximate surface area is 246 Å². The fourth-order valence-corrected chi connectivity index (χ4v) is 5.26. The Morgan fingerprint density at radius 3 is 1.67 bits per heavy atom. The zero-order chi connectivity index (χ0) is 28.6. The van der Waals surface area contributed by atoms with Crippen LogP contribution in [0.25, 0.3) is 0 Å². The van der Waals surface area contributed by atoms with Crippen LogP contribution in [-0.4, -0.2) is 44.4 Å². The lowest BCUT2D eigenvalue weighted by molar-refractivity contribution is -0.374. The number of ether oxygens (including phenoxy) is 7. The van der Waals surface area contributed by atoms with Gasteiger partial charge in [0.15, 0.2) is 12.6 Å². The molecule has 0 radical (unpaired) electrons. The van der Waals surface area contributed by atoms with Crippen LogP contribution in [0.3, 0.4) is 0 Å². The summed E-state index contributed by atoms with van der Waals surface area (Å²) in [5.74, 6) is 0.769. The van der Waals surface area contributed by atoms with Gasteiger partial charge in [0.1, 0.15) is 30.2 Å². The van der Waals surface area contributed by atoms with E-state index in [1.165, 1.54) is 0 Å². The molecular formula is C35H36O7. The highest BCUT2D eigenvalue weighted by molar-refractivity contribution is 5.28. The van der Waals surface area contributed by atoms with Gasteiger partial charge in [-0.25, -0.2) is 0 Å². The van der Waals surface area contributed by atoms with Crippen LogP contribution < -0.4 is 4.74 Å². The van der Waals surface area contributed by atoms with E-state index < -0.39 is 37.0 Å². The topological polar surface area (TPSA) is 64.6 Å². The summed E-state index contributed by atoms with van der Waals surface area (Å²) in [5, 5.41) is 0. The van der Waals surface area contributed by atoms with Gasteiger partial charge >= 0.3 is 0 Å². The number of fused-ring (bicyclic) bond motifs is 1. The first-order valence-electron chi connectivity index (χ1n) is 14.3. The summed E-state index contributed by atoms with van der Waals surface area (Å²) in [7, 11) is 1.65. The third-order valence-electron chi connectivity index (χ3n) is 7.50. The van der Waals surface area contributed by atoms with Crippen LogP contribution in [0, 0.1) is 0 Å². The molecule has 7 heteroatoms. The SMILES string of the molecule is COc1ccc(C2OC[C@H]3O[C@H](OCc4ccccc4)[C@@H](OCc4ccccc4)[C@@H](OCc4ccccc4)[C@@H]3O2)cc1. The summed E-state index contributed by atoms with van der Waals surface area (Å²) in [6, 6.07) is 37.9. The van der Waals surface area contributed by atoms with Crippen molar-refractivity contribution in [3.63, 3.8) is 0 Å². The number of hydrogen-bond donors (Lipinski definition) is 0. The third-order valence-corrected chi connectivity index (χ3v) is 7.50. The largest absolute Gasteiger partial charge is 0.497 e. The van der Waals surface area contributed by atoms with E-state index in [-0.39, 0.29) is 0 Å². The maximum atomic E-state index is 6.66. The highest BCUT2D eigenvalue weighted by atomic mass is 16.8. The van der Waals surface area contributed by atoms with Crippen molar-refractivity contribution in [2.24, 2.45) is 0 Å². The number of benzene rings is 4. The van der Waals surface area contributed by atoms with Crippen molar-refractivity contribution in [1.82, 2.24) is 0 Å². The van der Waals surface area contributed by atoms with Crippen LogP contribution in [0.2, 0.25) is 0 Å². The van der Waals surface area contributed by atoms with E-state index in [2.05, 4.69) is 0 Å². The van der Waals surface area contributed by atoms with Crippen molar-refractivity contribution in [1.29, 1.82) is 0 Å². The molecule has 2 fully saturated rings. The van der Waals surface area contributed by atoms with Crippen LogP contribution >= 0.6 is 0 Å². The summed E-state index contributed by atoms with van der Waals surface area (Å²) in [5.41, 5.74) is 4.04. The molecule has 2 aliphatic heterocycles. The van der Waals surface area contributed by atoms with E-state index in [4.69, 9.17) is 33.2 Å². The Kier molecular flexibility index (Phi) is 9.57. The molecule has 218 valence electrons. The monoisotopic (exact) mass is 568 g/mol. The van der Waals surface area contributed by atoms with Gasteiger partial charge in [-0.1, -0.05) is 103 Å². The molecule has 0 aliphatic carbocycles. The molecule has 0 aromatic heterocycles. The van der Waals surface area contributed by atoms with Gasteiger partial charge in [-0.3, -0.25) is 0 Å². The minimum absolute atomic E-state index is 0.323. The molecule has 2 saturated heterocycles. The van der Waals surface area contributed by atoms with Crippen molar-refractivity contribution < 1.29 is 33.2 Å². The van der Waals surface area contributed by atoms with Crippen LogP contribution in [0.1, 0.15) is 28.5 Å². The van der Waals surface area contributed by atoms with Gasteiger partial charge in [0.2, 0.25) is 0 Å². The molecule has 7 nitrogen and oxygen atoms in total. The smallest absolute Gasteiger partial charge is 0.187 e. The van der Waals surface area contributed by atoms with Gasteiger partial charge in [-0.2, -0.15) is 0 Å². The molecule has 0 amide bonds. The quantitative estimate of drug-likeness (QED) is 0.213. The Morgan fingerprint density at radius 2 is 1.12 bits per heavy atom. The van der Waals surface area contributed by atoms with Crippen molar-refractivity contribution >= 4 is 0 Å². The van der Waals surface area contributed by atoms with Crippen LogP contribution in [-0.2, 0) is 48.2 Å². The number of hydrogen-bond acceptors (Lipinski definition) is 7. The Bertz CT molecular complexity index is 1350. The fraction of sp³-hybridized carbons (Fsp3) is 0.314. The second-order valence-electron chi connectivity index (χ2n) is 10.4. The first-order valence-corrected chi connectivity index (χ1v) is 14.3. The highest BCUT2D eigenvalue weighted by Gasteiger charge is 2.52. The Morgan fingerprint density at radius 1 is 0.595 bits per heavy atom. The Balaban J connectivity index is 1.27. The lowest BCUT2D eigenvalue weighted by Gasteiger charge is -2.49. The number of methoxy groups -OCH3 is 1. The summed E-state index contributed by atoms with van der Waals surface area (Å²) in [6.07, 6.45) is -3.18. The van der Waals surface area contributed by atoms with Gasteiger partial charge < -0.3 is 33.2 Å². The van der Waals surface area contributed by atoms with E-state index in [1.54, 1.807) is 7.11 Å². The molecule has 0 bridgehead atoms. The second-order valence-corrected chi connectivity index (χ2v) is 10.4. The van der Waals surface area contributed by atoms with Gasteiger partial charge in [0, 0.05) is 5.56 Å². The third kappa shape index (κ3) is 7.07. The second kappa shape index (κ2) is 14.1. The van der Waals surface area contributed by atoms with Crippen molar-refractivity contribution in [2.75, 3.05) is 13.7 Å². The summed E-state index contributed by atoms with van der Waals surface area (Å²) >= 11 is 0. The molecule has 4 aromatic rings. The average Bonchev–Trinajstić information content (AvgIpc) is 3.06. The summed E-state index contributed by atoms with van der Waals surface area (Å²) in [4.78, 5) is 0. The summed E-state index contributed by atoms with van der Waals surface area (Å²) < 4.78 is 44.2. The minimum Gasteiger partial charge on any atom is -0.497 e. The molecule has 2 aliphatic rings. The molecule has 6 atom stereocenters. The molecule has 0 N–H and O–H groups in total.